The van der Waals surface area contributed by atoms with Gasteiger partial charge in [-0.05, 0) is 12.8 Å². The average molecular weight is 255 g/mol. The quantitative estimate of drug-likeness (QED) is 0.704. The summed E-state index contributed by atoms with van der Waals surface area (Å²) in [6.45, 7) is 3.30. The zero-order valence-electron chi connectivity index (χ0n) is 10.9. The lowest BCUT2D eigenvalue weighted by Gasteiger charge is -2.30. The maximum atomic E-state index is 12.2. The summed E-state index contributed by atoms with van der Waals surface area (Å²) in [6, 6.07) is 0.181. The molecule has 1 N–H and O–H groups in total. The maximum absolute atomic E-state index is 12.2. The van der Waals surface area contributed by atoms with E-state index in [1.807, 2.05) is 4.90 Å². The zero-order chi connectivity index (χ0) is 13.0. The lowest BCUT2D eigenvalue weighted by molar-refractivity contribution is -0.142. The minimum atomic E-state index is 0.0112. The summed E-state index contributed by atoms with van der Waals surface area (Å²) >= 11 is 0. The highest BCUT2D eigenvalue weighted by atomic mass is 16.5. The standard InChI is InChI=1S/C12H21N3O3/c1-18-9-10-3-2-5-15(10)12(17)8-14-6-4-13-7-11(14)16/h10,13H,2-9H2,1H3. The fraction of sp³-hybridized carbons (Fsp3) is 0.833. The predicted molar refractivity (Wildman–Crippen MR) is 66.1 cm³/mol. The van der Waals surface area contributed by atoms with Crippen LogP contribution in [0, 0.1) is 0 Å². The molecule has 2 fully saturated rings. The van der Waals surface area contributed by atoms with Crippen LogP contribution in [0.15, 0.2) is 0 Å². The van der Waals surface area contributed by atoms with Crippen molar-refractivity contribution < 1.29 is 14.3 Å². The number of nitrogens with zero attached hydrogens (tertiary/aromatic N) is 2. The molecular weight excluding hydrogens is 234 g/mol. The Morgan fingerprint density at radius 2 is 2.33 bits per heavy atom. The summed E-state index contributed by atoms with van der Waals surface area (Å²) in [7, 11) is 1.65. The molecule has 102 valence electrons. The normalized spacial score (nSPS) is 24.7. The first-order chi connectivity index (χ1) is 8.72. The van der Waals surface area contributed by atoms with E-state index in [9.17, 15) is 9.59 Å². The topological polar surface area (TPSA) is 61.9 Å². The fourth-order valence-electron chi connectivity index (χ4n) is 2.60. The second kappa shape index (κ2) is 6.15. The summed E-state index contributed by atoms with van der Waals surface area (Å²) in [5, 5.41) is 3.00. The molecule has 0 saturated carbocycles. The molecule has 18 heavy (non-hydrogen) atoms. The van der Waals surface area contributed by atoms with Crippen LogP contribution in [0.3, 0.4) is 0 Å². The van der Waals surface area contributed by atoms with E-state index in [1.54, 1.807) is 12.0 Å². The van der Waals surface area contributed by atoms with Gasteiger partial charge in [-0.1, -0.05) is 0 Å². The summed E-state index contributed by atoms with van der Waals surface area (Å²) in [5.74, 6) is 0.0573. The van der Waals surface area contributed by atoms with Crippen molar-refractivity contribution in [2.24, 2.45) is 0 Å². The molecule has 0 aliphatic carbocycles. The van der Waals surface area contributed by atoms with Crippen molar-refractivity contribution in [1.29, 1.82) is 0 Å². The van der Waals surface area contributed by atoms with Crippen molar-refractivity contribution >= 4 is 11.8 Å². The molecule has 0 aromatic rings. The largest absolute Gasteiger partial charge is 0.383 e. The third-order valence-corrected chi connectivity index (χ3v) is 3.57. The van der Waals surface area contributed by atoms with Crippen LogP contribution in [0.4, 0.5) is 0 Å². The van der Waals surface area contributed by atoms with Crippen molar-refractivity contribution in [3.8, 4) is 0 Å². The summed E-state index contributed by atoms with van der Waals surface area (Å²) in [4.78, 5) is 27.3. The van der Waals surface area contributed by atoms with Crippen LogP contribution < -0.4 is 5.32 Å². The number of piperazine rings is 1. The summed E-state index contributed by atoms with van der Waals surface area (Å²) < 4.78 is 5.13. The molecule has 1 unspecified atom stereocenters. The first kappa shape index (κ1) is 13.3. The van der Waals surface area contributed by atoms with Gasteiger partial charge in [0.05, 0.1) is 25.7 Å². The third-order valence-electron chi connectivity index (χ3n) is 3.57. The van der Waals surface area contributed by atoms with E-state index < -0.39 is 0 Å². The molecule has 1 atom stereocenters. The smallest absolute Gasteiger partial charge is 0.242 e. The van der Waals surface area contributed by atoms with Crippen LogP contribution in [0.1, 0.15) is 12.8 Å². The number of likely N-dealkylation sites (tertiary alicyclic amines) is 1. The summed E-state index contributed by atoms with van der Waals surface area (Å²) in [6.07, 6.45) is 2.02. The first-order valence-electron chi connectivity index (χ1n) is 6.49. The molecule has 2 rings (SSSR count). The number of ether oxygens (including phenoxy) is 1. The average Bonchev–Trinajstić information content (AvgIpc) is 2.81. The van der Waals surface area contributed by atoms with E-state index in [2.05, 4.69) is 5.32 Å². The molecule has 0 aromatic heterocycles. The molecule has 0 spiro atoms. The number of carbonyl (C=O) groups is 2. The van der Waals surface area contributed by atoms with Crippen molar-refractivity contribution in [1.82, 2.24) is 15.1 Å². The molecule has 6 heteroatoms. The molecule has 2 heterocycles. The highest BCUT2D eigenvalue weighted by Gasteiger charge is 2.30. The van der Waals surface area contributed by atoms with E-state index >= 15 is 0 Å². The van der Waals surface area contributed by atoms with Gasteiger partial charge in [-0.25, -0.2) is 0 Å². The Balaban J connectivity index is 1.88. The van der Waals surface area contributed by atoms with Gasteiger partial charge in [0.15, 0.2) is 0 Å². The Labute approximate surface area is 107 Å². The van der Waals surface area contributed by atoms with Crippen LogP contribution >= 0.6 is 0 Å². The first-order valence-corrected chi connectivity index (χ1v) is 6.49. The minimum absolute atomic E-state index is 0.0112. The van der Waals surface area contributed by atoms with Crippen LogP contribution in [-0.2, 0) is 14.3 Å². The lowest BCUT2D eigenvalue weighted by Crippen LogP contribution is -2.52. The second-order valence-corrected chi connectivity index (χ2v) is 4.83. The second-order valence-electron chi connectivity index (χ2n) is 4.83. The lowest BCUT2D eigenvalue weighted by atomic mass is 10.2. The predicted octanol–water partition coefficient (Wildman–Crippen LogP) is -0.944. The van der Waals surface area contributed by atoms with Gasteiger partial charge in [-0.15, -0.1) is 0 Å². The third kappa shape index (κ3) is 3.00. The number of rotatable bonds is 4. The Hall–Kier alpha value is -1.14. The monoisotopic (exact) mass is 255 g/mol. The van der Waals surface area contributed by atoms with Crippen LogP contribution in [0.2, 0.25) is 0 Å². The van der Waals surface area contributed by atoms with E-state index in [-0.39, 0.29) is 24.4 Å². The highest BCUT2D eigenvalue weighted by Crippen LogP contribution is 2.17. The number of hydrogen-bond donors (Lipinski definition) is 1. The number of methoxy groups -OCH3 is 1. The Morgan fingerprint density at radius 1 is 1.50 bits per heavy atom. The number of nitrogens with one attached hydrogen (secondary N) is 1. The van der Waals surface area contributed by atoms with Crippen LogP contribution in [0.5, 0.6) is 0 Å². The number of hydrogen-bond acceptors (Lipinski definition) is 4. The SMILES string of the molecule is COCC1CCCN1C(=O)CN1CCNCC1=O. The molecule has 0 aromatic carbocycles. The molecule has 0 bridgehead atoms. The van der Waals surface area contributed by atoms with Gasteiger partial charge < -0.3 is 19.9 Å². The molecule has 2 saturated heterocycles. The van der Waals surface area contributed by atoms with E-state index in [0.29, 0.717) is 19.7 Å². The molecule has 6 nitrogen and oxygen atoms in total. The van der Waals surface area contributed by atoms with Crippen LogP contribution in [-0.4, -0.2) is 74.1 Å². The number of amides is 2. The van der Waals surface area contributed by atoms with Crippen molar-refractivity contribution in [2.45, 2.75) is 18.9 Å². The van der Waals surface area contributed by atoms with Gasteiger partial charge in [0.1, 0.15) is 0 Å². The minimum Gasteiger partial charge on any atom is -0.383 e. The van der Waals surface area contributed by atoms with Crippen molar-refractivity contribution in [3.63, 3.8) is 0 Å². The Bertz CT molecular complexity index is 322. The molecule has 2 amide bonds. The van der Waals surface area contributed by atoms with Crippen LogP contribution in [0.25, 0.3) is 0 Å². The van der Waals surface area contributed by atoms with Crippen molar-refractivity contribution in [3.05, 3.63) is 0 Å². The van der Waals surface area contributed by atoms with E-state index in [4.69, 9.17) is 4.74 Å². The maximum Gasteiger partial charge on any atom is 0.242 e. The van der Waals surface area contributed by atoms with Gasteiger partial charge >= 0.3 is 0 Å². The van der Waals surface area contributed by atoms with E-state index in [0.717, 1.165) is 25.9 Å². The van der Waals surface area contributed by atoms with Gasteiger partial charge in [0, 0.05) is 26.7 Å². The van der Waals surface area contributed by atoms with Gasteiger partial charge in [-0.3, -0.25) is 9.59 Å². The molecule has 2 aliphatic rings. The van der Waals surface area contributed by atoms with E-state index in [1.165, 1.54) is 0 Å². The van der Waals surface area contributed by atoms with Gasteiger partial charge in [-0.2, -0.15) is 0 Å². The highest BCUT2D eigenvalue weighted by molar-refractivity contribution is 5.86. The Morgan fingerprint density at radius 3 is 3.06 bits per heavy atom. The Kier molecular flexibility index (Phi) is 4.54. The zero-order valence-corrected chi connectivity index (χ0v) is 10.9. The fourth-order valence-corrected chi connectivity index (χ4v) is 2.60. The van der Waals surface area contributed by atoms with Gasteiger partial charge in [0.25, 0.3) is 0 Å². The van der Waals surface area contributed by atoms with Gasteiger partial charge in [0.2, 0.25) is 11.8 Å². The van der Waals surface area contributed by atoms with Crippen molar-refractivity contribution in [2.75, 3.05) is 46.4 Å². The molecule has 2 aliphatic heterocycles. The summed E-state index contributed by atoms with van der Waals surface area (Å²) in [5.41, 5.74) is 0. The molecule has 0 radical (unpaired) electrons. The molecular formula is C12H21N3O3. The number of carbonyl (C=O) groups excluding carboxylic acids is 2.